The van der Waals surface area contributed by atoms with Crippen molar-refractivity contribution >= 4 is 33.2 Å². The van der Waals surface area contributed by atoms with Gasteiger partial charge in [0, 0.05) is 23.6 Å². The van der Waals surface area contributed by atoms with Crippen LogP contribution in [0.25, 0.3) is 0 Å². The molecule has 2 rings (SSSR count). The number of sulfonamides is 1. The molecule has 1 aromatic rings. The van der Waals surface area contributed by atoms with Gasteiger partial charge in [-0.15, -0.1) is 0 Å². The summed E-state index contributed by atoms with van der Waals surface area (Å²) in [5.41, 5.74) is 7.33. The summed E-state index contributed by atoms with van der Waals surface area (Å²) < 4.78 is 22.6. The van der Waals surface area contributed by atoms with E-state index in [2.05, 4.69) is 18.7 Å². The van der Waals surface area contributed by atoms with Gasteiger partial charge in [-0.3, -0.25) is 0 Å². The number of anilines is 2. The second kappa shape index (κ2) is 5.22. The van der Waals surface area contributed by atoms with Crippen molar-refractivity contribution in [2.75, 3.05) is 22.9 Å². The molecule has 2 unspecified atom stereocenters. The molecular formula is C12H19N3O2S2. The molecule has 106 valence electrons. The van der Waals surface area contributed by atoms with Crippen LogP contribution < -0.4 is 15.8 Å². The molecule has 0 saturated carbocycles. The monoisotopic (exact) mass is 301 g/mol. The van der Waals surface area contributed by atoms with Crippen molar-refractivity contribution in [2.24, 2.45) is 5.14 Å². The lowest BCUT2D eigenvalue weighted by molar-refractivity contribution is 0.597. The van der Waals surface area contributed by atoms with Crippen molar-refractivity contribution in [2.45, 2.75) is 30.0 Å². The Labute approximate surface area is 118 Å². The maximum Gasteiger partial charge on any atom is 0.238 e. The number of nitrogens with two attached hydrogens (primary N) is 2. The highest BCUT2D eigenvalue weighted by Gasteiger charge is 2.26. The lowest BCUT2D eigenvalue weighted by Gasteiger charge is -2.39. The van der Waals surface area contributed by atoms with Gasteiger partial charge in [0.05, 0.1) is 16.3 Å². The molecule has 0 radical (unpaired) electrons. The van der Waals surface area contributed by atoms with Crippen molar-refractivity contribution in [3.63, 3.8) is 0 Å². The normalized spacial score (nSPS) is 24.5. The Hall–Kier alpha value is -0.920. The summed E-state index contributed by atoms with van der Waals surface area (Å²) in [7, 11) is -3.70. The van der Waals surface area contributed by atoms with Crippen LogP contribution in [0.3, 0.4) is 0 Å². The molecule has 0 aliphatic carbocycles. The van der Waals surface area contributed by atoms with Crippen LogP contribution >= 0.6 is 11.8 Å². The minimum atomic E-state index is -3.70. The van der Waals surface area contributed by atoms with E-state index in [1.54, 1.807) is 6.07 Å². The molecule has 0 spiro atoms. The number of benzene rings is 1. The first-order chi connectivity index (χ1) is 8.80. The zero-order valence-corrected chi connectivity index (χ0v) is 12.7. The molecule has 1 saturated heterocycles. The van der Waals surface area contributed by atoms with E-state index in [0.717, 1.165) is 18.0 Å². The summed E-state index contributed by atoms with van der Waals surface area (Å²) in [6, 6.07) is 5.06. The van der Waals surface area contributed by atoms with Gasteiger partial charge in [-0.1, -0.05) is 6.92 Å². The van der Waals surface area contributed by atoms with Crippen molar-refractivity contribution in [3.8, 4) is 0 Å². The first kappa shape index (κ1) is 14.5. The summed E-state index contributed by atoms with van der Waals surface area (Å²) in [6.07, 6.45) is 0. The van der Waals surface area contributed by atoms with Gasteiger partial charge in [-0.25, -0.2) is 13.6 Å². The van der Waals surface area contributed by atoms with Crippen LogP contribution in [-0.2, 0) is 10.0 Å². The van der Waals surface area contributed by atoms with Gasteiger partial charge in [-0.2, -0.15) is 11.8 Å². The topological polar surface area (TPSA) is 89.4 Å². The first-order valence-corrected chi connectivity index (χ1v) is 8.71. The van der Waals surface area contributed by atoms with Crippen molar-refractivity contribution in [1.29, 1.82) is 0 Å². The van der Waals surface area contributed by atoms with E-state index in [0.29, 0.717) is 17.0 Å². The van der Waals surface area contributed by atoms with Gasteiger partial charge in [0.2, 0.25) is 10.0 Å². The van der Waals surface area contributed by atoms with Crippen molar-refractivity contribution < 1.29 is 8.42 Å². The molecule has 5 nitrogen and oxygen atoms in total. The molecule has 1 fully saturated rings. The molecule has 4 N–H and O–H groups in total. The highest BCUT2D eigenvalue weighted by molar-refractivity contribution is 8.00. The van der Waals surface area contributed by atoms with Crippen molar-refractivity contribution in [3.05, 3.63) is 18.2 Å². The Bertz CT molecular complexity index is 574. The molecule has 0 bridgehead atoms. The highest BCUT2D eigenvalue weighted by Crippen LogP contribution is 2.33. The maximum absolute atomic E-state index is 11.3. The second-order valence-corrected chi connectivity index (χ2v) is 7.82. The quantitative estimate of drug-likeness (QED) is 0.802. The van der Waals surface area contributed by atoms with E-state index in [4.69, 9.17) is 10.9 Å². The average molecular weight is 301 g/mol. The molecule has 0 aromatic heterocycles. The number of nitrogens with zero attached hydrogens (tertiary/aromatic N) is 1. The molecule has 1 aromatic carbocycles. The van der Waals surface area contributed by atoms with E-state index >= 15 is 0 Å². The molecule has 1 heterocycles. The first-order valence-electron chi connectivity index (χ1n) is 6.11. The number of hydrogen-bond acceptors (Lipinski definition) is 5. The van der Waals surface area contributed by atoms with E-state index in [1.807, 2.05) is 11.8 Å². The van der Waals surface area contributed by atoms with Gasteiger partial charge in [0.25, 0.3) is 0 Å². The van der Waals surface area contributed by atoms with Crippen LogP contribution in [0.15, 0.2) is 23.1 Å². The summed E-state index contributed by atoms with van der Waals surface area (Å²) in [6.45, 7) is 5.26. The van der Waals surface area contributed by atoms with E-state index in [9.17, 15) is 8.42 Å². The molecular weight excluding hydrogens is 282 g/mol. The van der Waals surface area contributed by atoms with E-state index in [-0.39, 0.29) is 4.90 Å². The number of primary sulfonamides is 1. The highest BCUT2D eigenvalue weighted by atomic mass is 32.2. The second-order valence-electron chi connectivity index (χ2n) is 4.78. The van der Waals surface area contributed by atoms with Crippen molar-refractivity contribution in [1.82, 2.24) is 0 Å². The zero-order chi connectivity index (χ0) is 14.2. The summed E-state index contributed by atoms with van der Waals surface area (Å²) >= 11 is 1.94. The molecule has 1 aliphatic rings. The lowest BCUT2D eigenvalue weighted by Crippen LogP contribution is -2.45. The van der Waals surface area contributed by atoms with Crippen LogP contribution in [0.2, 0.25) is 0 Å². The van der Waals surface area contributed by atoms with Gasteiger partial charge < -0.3 is 10.6 Å². The Morgan fingerprint density at radius 2 is 2.05 bits per heavy atom. The van der Waals surface area contributed by atoms with Gasteiger partial charge in [-0.05, 0) is 25.1 Å². The molecule has 7 heteroatoms. The third-order valence-electron chi connectivity index (χ3n) is 3.52. The Kier molecular flexibility index (Phi) is 3.98. The number of hydrogen-bond donors (Lipinski definition) is 2. The van der Waals surface area contributed by atoms with Crippen LogP contribution in [-0.4, -0.2) is 32.0 Å². The molecule has 1 aliphatic heterocycles. The van der Waals surface area contributed by atoms with Gasteiger partial charge in [0.15, 0.2) is 0 Å². The third kappa shape index (κ3) is 2.98. The van der Waals surface area contributed by atoms with Gasteiger partial charge >= 0.3 is 0 Å². The SMILES string of the molecule is CC1SCCN(c2ccc(S(N)(=O)=O)cc2N)C1C. The largest absolute Gasteiger partial charge is 0.397 e. The minimum absolute atomic E-state index is 0.0563. The van der Waals surface area contributed by atoms with Crippen LogP contribution in [0.1, 0.15) is 13.8 Å². The minimum Gasteiger partial charge on any atom is -0.397 e. The Balaban J connectivity index is 2.36. The van der Waals surface area contributed by atoms with E-state index < -0.39 is 10.0 Å². The molecule has 19 heavy (non-hydrogen) atoms. The number of rotatable bonds is 2. The summed E-state index contributed by atoms with van der Waals surface area (Å²) in [4.78, 5) is 2.28. The predicted octanol–water partition coefficient (Wildman–Crippen LogP) is 1.25. The average Bonchev–Trinajstić information content (AvgIpc) is 2.32. The Morgan fingerprint density at radius 1 is 1.37 bits per heavy atom. The lowest BCUT2D eigenvalue weighted by atomic mass is 10.1. The fourth-order valence-corrected chi connectivity index (χ4v) is 3.89. The Morgan fingerprint density at radius 3 is 2.63 bits per heavy atom. The fraction of sp³-hybridized carbons (Fsp3) is 0.500. The third-order valence-corrected chi connectivity index (χ3v) is 5.77. The van der Waals surface area contributed by atoms with Crippen LogP contribution in [0.4, 0.5) is 11.4 Å². The number of nitrogen functional groups attached to an aromatic ring is 1. The zero-order valence-electron chi connectivity index (χ0n) is 11.0. The fourth-order valence-electron chi connectivity index (χ4n) is 2.24. The molecule has 2 atom stereocenters. The summed E-state index contributed by atoms with van der Waals surface area (Å²) in [5, 5.41) is 5.62. The maximum atomic E-state index is 11.3. The smallest absolute Gasteiger partial charge is 0.238 e. The summed E-state index contributed by atoms with van der Waals surface area (Å²) in [5.74, 6) is 1.04. The van der Waals surface area contributed by atoms with Gasteiger partial charge in [0.1, 0.15) is 0 Å². The van der Waals surface area contributed by atoms with Crippen LogP contribution in [0.5, 0.6) is 0 Å². The van der Waals surface area contributed by atoms with Crippen LogP contribution in [0, 0.1) is 0 Å². The molecule has 0 amide bonds. The van der Waals surface area contributed by atoms with E-state index in [1.165, 1.54) is 12.1 Å². The number of thioether (sulfide) groups is 1. The predicted molar refractivity (Wildman–Crippen MR) is 81.0 cm³/mol. The standard InChI is InChI=1S/C12H19N3O2S2/c1-8-9(2)18-6-5-15(8)12-4-3-10(7-11(12)13)19(14,16)17/h3-4,7-9H,5-6,13H2,1-2H3,(H2,14,16,17).